The second-order valence-corrected chi connectivity index (χ2v) is 5.96. The van der Waals surface area contributed by atoms with E-state index in [2.05, 4.69) is 31.9 Å². The van der Waals surface area contributed by atoms with E-state index in [0.29, 0.717) is 27.6 Å². The Morgan fingerprint density at radius 1 is 1.37 bits per heavy atom. The third-order valence-electron chi connectivity index (χ3n) is 2.65. The number of methoxy groups -OCH3 is 1. The van der Waals surface area contributed by atoms with E-state index in [-0.39, 0.29) is 0 Å². The second kappa shape index (κ2) is 6.31. The Bertz CT molecular complexity index is 564. The fourth-order valence-electron chi connectivity index (χ4n) is 1.74. The highest BCUT2D eigenvalue weighted by atomic mass is 79.9. The van der Waals surface area contributed by atoms with Crippen LogP contribution in [0, 0.1) is 0 Å². The molecule has 2 rings (SSSR count). The van der Waals surface area contributed by atoms with Gasteiger partial charge in [0.2, 0.25) is 0 Å². The summed E-state index contributed by atoms with van der Waals surface area (Å²) < 4.78 is 12.0. The van der Waals surface area contributed by atoms with Gasteiger partial charge in [-0.25, -0.2) is 0 Å². The number of aliphatic hydroxyl groups excluding tert-OH is 1. The first kappa shape index (κ1) is 14.9. The highest BCUT2D eigenvalue weighted by molar-refractivity contribution is 9.13. The number of benzene rings is 1. The Labute approximate surface area is 132 Å². The smallest absolute Gasteiger partial charge is 0.183 e. The number of hydrogen-bond donors (Lipinski definition) is 1. The molecule has 1 atom stereocenters. The Hall–Kier alpha value is -0.490. The van der Waals surface area contributed by atoms with Crippen molar-refractivity contribution >= 4 is 43.5 Å². The lowest BCUT2D eigenvalue weighted by atomic mass is 10.1. The van der Waals surface area contributed by atoms with Crippen LogP contribution in [0.15, 0.2) is 37.8 Å². The molecule has 1 aromatic carbocycles. The molecule has 2 aromatic rings. The van der Waals surface area contributed by atoms with Gasteiger partial charge in [0.15, 0.2) is 4.67 Å². The number of halogens is 3. The van der Waals surface area contributed by atoms with Crippen molar-refractivity contribution in [2.75, 3.05) is 7.11 Å². The zero-order valence-electron chi connectivity index (χ0n) is 9.99. The van der Waals surface area contributed by atoms with Gasteiger partial charge in [-0.05, 0) is 61.7 Å². The molecule has 0 fully saturated rings. The number of ether oxygens (including phenoxy) is 1. The van der Waals surface area contributed by atoms with Gasteiger partial charge in [-0.15, -0.1) is 0 Å². The molecule has 0 aliphatic carbocycles. The van der Waals surface area contributed by atoms with Gasteiger partial charge >= 0.3 is 0 Å². The van der Waals surface area contributed by atoms with Crippen molar-refractivity contribution in [1.29, 1.82) is 0 Å². The molecule has 1 heterocycles. The van der Waals surface area contributed by atoms with Crippen LogP contribution >= 0.6 is 43.5 Å². The normalized spacial score (nSPS) is 12.5. The van der Waals surface area contributed by atoms with Crippen molar-refractivity contribution < 1.29 is 14.3 Å². The molecule has 0 saturated heterocycles. The fourth-order valence-corrected chi connectivity index (χ4v) is 2.55. The van der Waals surface area contributed by atoms with Gasteiger partial charge in [0.05, 0.1) is 11.6 Å². The van der Waals surface area contributed by atoms with Crippen LogP contribution in [0.3, 0.4) is 0 Å². The molecule has 3 nitrogen and oxygen atoms in total. The van der Waals surface area contributed by atoms with Gasteiger partial charge in [-0.2, -0.15) is 0 Å². The van der Waals surface area contributed by atoms with Crippen LogP contribution in [0.5, 0.6) is 5.75 Å². The first-order valence-corrected chi connectivity index (χ1v) is 7.43. The van der Waals surface area contributed by atoms with Crippen LogP contribution in [0.25, 0.3) is 0 Å². The van der Waals surface area contributed by atoms with Crippen LogP contribution in [0.4, 0.5) is 0 Å². The summed E-state index contributed by atoms with van der Waals surface area (Å²) in [6.45, 7) is 0. The molecule has 0 amide bonds. The Kier molecular flexibility index (Phi) is 4.95. The van der Waals surface area contributed by atoms with Crippen molar-refractivity contribution in [1.82, 2.24) is 0 Å². The number of hydrogen-bond acceptors (Lipinski definition) is 3. The largest absolute Gasteiger partial charge is 0.496 e. The van der Waals surface area contributed by atoms with Crippen LogP contribution in [-0.4, -0.2) is 12.2 Å². The molecule has 0 radical (unpaired) electrons. The van der Waals surface area contributed by atoms with Gasteiger partial charge in [0.25, 0.3) is 0 Å². The standard InChI is InChI=1S/C13H11Br2ClO3/c1-18-11-3-2-8(16)4-7(11)5-10(17)12-6-9(14)13(15)19-12/h2-4,6,10,17H,5H2,1H3. The summed E-state index contributed by atoms with van der Waals surface area (Å²) in [6.07, 6.45) is -0.411. The molecule has 0 bridgehead atoms. The van der Waals surface area contributed by atoms with Crippen LogP contribution < -0.4 is 4.74 Å². The van der Waals surface area contributed by atoms with Crippen molar-refractivity contribution in [2.24, 2.45) is 0 Å². The Morgan fingerprint density at radius 2 is 2.11 bits per heavy atom. The molecule has 19 heavy (non-hydrogen) atoms. The third-order valence-corrected chi connectivity index (χ3v) is 4.59. The predicted molar refractivity (Wildman–Crippen MR) is 80.8 cm³/mol. The highest BCUT2D eigenvalue weighted by Gasteiger charge is 2.17. The summed E-state index contributed by atoms with van der Waals surface area (Å²) >= 11 is 12.5. The molecule has 0 aliphatic heterocycles. The summed E-state index contributed by atoms with van der Waals surface area (Å²) in [4.78, 5) is 0. The van der Waals surface area contributed by atoms with Gasteiger partial charge in [0.1, 0.15) is 17.6 Å². The zero-order valence-corrected chi connectivity index (χ0v) is 13.9. The summed E-state index contributed by atoms with van der Waals surface area (Å²) in [5.41, 5.74) is 0.825. The Morgan fingerprint density at radius 3 is 2.68 bits per heavy atom. The molecule has 0 aliphatic rings. The van der Waals surface area contributed by atoms with E-state index in [1.54, 1.807) is 31.4 Å². The molecule has 1 N–H and O–H groups in total. The number of furan rings is 1. The first-order chi connectivity index (χ1) is 9.01. The average Bonchev–Trinajstić information content (AvgIpc) is 2.70. The minimum Gasteiger partial charge on any atom is -0.496 e. The molecule has 1 unspecified atom stereocenters. The fraction of sp³-hybridized carbons (Fsp3) is 0.231. The van der Waals surface area contributed by atoms with E-state index in [0.717, 1.165) is 10.0 Å². The van der Waals surface area contributed by atoms with Gasteiger partial charge < -0.3 is 14.3 Å². The van der Waals surface area contributed by atoms with Crippen molar-refractivity contribution in [3.8, 4) is 5.75 Å². The molecular formula is C13H11Br2ClO3. The van der Waals surface area contributed by atoms with E-state index in [1.807, 2.05) is 0 Å². The molecule has 102 valence electrons. The summed E-state index contributed by atoms with van der Waals surface area (Å²) in [7, 11) is 1.58. The maximum absolute atomic E-state index is 10.2. The molecule has 6 heteroatoms. The van der Waals surface area contributed by atoms with Gasteiger partial charge in [-0.3, -0.25) is 0 Å². The average molecular weight is 410 g/mol. The van der Waals surface area contributed by atoms with Crippen molar-refractivity contribution in [2.45, 2.75) is 12.5 Å². The second-order valence-electron chi connectivity index (χ2n) is 3.95. The van der Waals surface area contributed by atoms with E-state index in [9.17, 15) is 5.11 Å². The lowest BCUT2D eigenvalue weighted by molar-refractivity contribution is 0.148. The maximum Gasteiger partial charge on any atom is 0.183 e. The maximum atomic E-state index is 10.2. The lowest BCUT2D eigenvalue weighted by Crippen LogP contribution is -2.02. The number of rotatable bonds is 4. The molecular weight excluding hydrogens is 399 g/mol. The SMILES string of the molecule is COc1ccc(Cl)cc1CC(O)c1cc(Br)c(Br)o1. The van der Waals surface area contributed by atoms with E-state index >= 15 is 0 Å². The third kappa shape index (κ3) is 3.54. The van der Waals surface area contributed by atoms with Crippen LogP contribution in [0.2, 0.25) is 5.02 Å². The van der Waals surface area contributed by atoms with Crippen LogP contribution in [0.1, 0.15) is 17.4 Å². The quantitative estimate of drug-likeness (QED) is 0.792. The topological polar surface area (TPSA) is 42.6 Å². The van der Waals surface area contributed by atoms with Crippen LogP contribution in [-0.2, 0) is 6.42 Å². The van der Waals surface area contributed by atoms with Gasteiger partial charge in [-0.1, -0.05) is 11.6 Å². The highest BCUT2D eigenvalue weighted by Crippen LogP contribution is 2.33. The first-order valence-electron chi connectivity index (χ1n) is 5.46. The predicted octanol–water partition coefficient (Wildman–Crippen LogP) is 4.74. The number of aliphatic hydroxyl groups is 1. The lowest BCUT2D eigenvalue weighted by Gasteiger charge is -2.12. The van der Waals surface area contributed by atoms with E-state index < -0.39 is 6.10 Å². The van der Waals surface area contributed by atoms with Gasteiger partial charge in [0, 0.05) is 11.4 Å². The minimum absolute atomic E-state index is 0.357. The summed E-state index contributed by atoms with van der Waals surface area (Å²) in [6, 6.07) is 7.02. The molecule has 0 saturated carbocycles. The zero-order chi connectivity index (χ0) is 14.0. The summed E-state index contributed by atoms with van der Waals surface area (Å²) in [5.74, 6) is 1.16. The monoisotopic (exact) mass is 408 g/mol. The van der Waals surface area contributed by atoms with Crippen molar-refractivity contribution in [3.05, 3.63) is 49.8 Å². The molecule has 1 aromatic heterocycles. The van der Waals surface area contributed by atoms with E-state index in [4.69, 9.17) is 20.8 Å². The van der Waals surface area contributed by atoms with E-state index in [1.165, 1.54) is 0 Å². The molecule has 0 spiro atoms. The van der Waals surface area contributed by atoms with Crippen molar-refractivity contribution in [3.63, 3.8) is 0 Å². The summed E-state index contributed by atoms with van der Waals surface area (Å²) in [5, 5.41) is 10.8. The Balaban J connectivity index is 2.23. The minimum atomic E-state index is -0.769.